The summed E-state index contributed by atoms with van der Waals surface area (Å²) >= 11 is 0. The van der Waals surface area contributed by atoms with Gasteiger partial charge in [0, 0.05) is 0 Å². The van der Waals surface area contributed by atoms with Crippen LogP contribution in [0.25, 0.3) is 10.8 Å². The molecule has 12 heteroatoms. The lowest BCUT2D eigenvalue weighted by molar-refractivity contribution is -0.270. The van der Waals surface area contributed by atoms with Crippen LogP contribution in [0.4, 0.5) is 0 Å². The maximum absolute atomic E-state index is 13.5. The number of esters is 1. The largest absolute Gasteiger partial charge is 0.497 e. The van der Waals surface area contributed by atoms with Crippen molar-refractivity contribution in [3.63, 3.8) is 0 Å². The Bertz CT molecular complexity index is 1260. The molecule has 44 heavy (non-hydrogen) atoms. The van der Waals surface area contributed by atoms with E-state index in [-0.39, 0.29) is 12.6 Å². The van der Waals surface area contributed by atoms with Crippen LogP contribution in [0.2, 0.25) is 78.6 Å². The summed E-state index contributed by atoms with van der Waals surface area (Å²) < 4.78 is 45.2. The van der Waals surface area contributed by atoms with Crippen molar-refractivity contribution >= 4 is 50.0 Å². The van der Waals surface area contributed by atoms with Gasteiger partial charge in [0.1, 0.15) is 36.8 Å². The van der Waals surface area contributed by atoms with Crippen molar-refractivity contribution in [2.45, 2.75) is 122 Å². The topological polar surface area (TPSA) is 81.7 Å². The Balaban J connectivity index is 1.92. The van der Waals surface area contributed by atoms with Crippen molar-refractivity contribution in [3.8, 4) is 5.75 Å². The van der Waals surface area contributed by atoms with Gasteiger partial charge in [0.05, 0.1) is 13.0 Å². The van der Waals surface area contributed by atoms with Crippen LogP contribution in [0.15, 0.2) is 36.4 Å². The van der Waals surface area contributed by atoms with Crippen LogP contribution in [0.1, 0.15) is 18.4 Å². The van der Waals surface area contributed by atoms with E-state index in [1.807, 2.05) is 43.3 Å². The summed E-state index contributed by atoms with van der Waals surface area (Å²) in [5, 5.41) is 2.08. The predicted octanol–water partition coefficient (Wildman–Crippen LogP) is 7.73. The minimum atomic E-state index is -2.09. The molecule has 1 heterocycles. The molecule has 0 spiro atoms. The number of ether oxygens (including phenoxy) is 3. The summed E-state index contributed by atoms with van der Waals surface area (Å²) in [7, 11) is -6.63. The third kappa shape index (κ3) is 11.2. The van der Waals surface area contributed by atoms with Crippen molar-refractivity contribution < 1.29 is 36.7 Å². The SMILES string of the molecule is COc1ccc2cc([C@H](C)C(=O)OC[C@H]3O[C@H](O[Si](C)(C)C)[C@H](O[Si](C)(C)C)[C@@H](O[Si](C)(C)C)[C@@H]3O[Si](C)(C)C)ccc2c1. The highest BCUT2D eigenvalue weighted by atomic mass is 28.4. The fraction of sp³-hybridized carbons (Fsp3) is 0.656. The second-order valence-electron chi connectivity index (χ2n) is 15.7. The first-order chi connectivity index (χ1) is 20.0. The van der Waals surface area contributed by atoms with Crippen LogP contribution in [-0.4, -0.2) is 83.7 Å². The smallest absolute Gasteiger partial charge is 0.313 e. The Morgan fingerprint density at radius 1 is 0.705 bits per heavy atom. The molecule has 0 N–H and O–H groups in total. The molecule has 8 nitrogen and oxygen atoms in total. The van der Waals surface area contributed by atoms with Gasteiger partial charge < -0.3 is 31.9 Å². The molecule has 248 valence electrons. The van der Waals surface area contributed by atoms with E-state index < -0.39 is 69.9 Å². The average Bonchev–Trinajstić information content (AvgIpc) is 2.86. The maximum Gasteiger partial charge on any atom is 0.313 e. The molecule has 0 unspecified atom stereocenters. The number of methoxy groups -OCH3 is 1. The summed E-state index contributed by atoms with van der Waals surface area (Å²) in [4.78, 5) is 13.5. The van der Waals surface area contributed by atoms with E-state index in [2.05, 4.69) is 78.6 Å². The van der Waals surface area contributed by atoms with Gasteiger partial charge in [0.2, 0.25) is 0 Å². The first kappa shape index (κ1) is 37.1. The first-order valence-electron chi connectivity index (χ1n) is 15.7. The number of hydrogen-bond acceptors (Lipinski definition) is 8. The molecule has 1 fully saturated rings. The predicted molar refractivity (Wildman–Crippen MR) is 188 cm³/mol. The number of benzene rings is 2. The van der Waals surface area contributed by atoms with Gasteiger partial charge in [-0.05, 0) is 114 Å². The van der Waals surface area contributed by atoms with Crippen molar-refractivity contribution in [3.05, 3.63) is 42.0 Å². The van der Waals surface area contributed by atoms with Crippen LogP contribution < -0.4 is 4.74 Å². The Labute approximate surface area is 269 Å². The highest BCUT2D eigenvalue weighted by molar-refractivity contribution is 6.71. The molecule has 0 aliphatic carbocycles. The molecule has 1 saturated heterocycles. The third-order valence-electron chi connectivity index (χ3n) is 6.84. The number of hydrogen-bond donors (Lipinski definition) is 0. The zero-order valence-electron chi connectivity index (χ0n) is 29.4. The summed E-state index contributed by atoms with van der Waals surface area (Å²) in [5.74, 6) is 0.0112. The lowest BCUT2D eigenvalue weighted by Crippen LogP contribution is -2.67. The van der Waals surface area contributed by atoms with Crippen LogP contribution in [0, 0.1) is 0 Å². The fourth-order valence-electron chi connectivity index (χ4n) is 5.15. The molecule has 6 atom stereocenters. The quantitative estimate of drug-likeness (QED) is 0.157. The van der Waals surface area contributed by atoms with E-state index >= 15 is 0 Å². The van der Waals surface area contributed by atoms with Gasteiger partial charge in [-0.25, -0.2) is 0 Å². The second kappa shape index (κ2) is 14.2. The highest BCUT2D eigenvalue weighted by Crippen LogP contribution is 2.35. The molecule has 3 rings (SSSR count). The molecule has 2 aromatic rings. The molecule has 1 aliphatic rings. The summed E-state index contributed by atoms with van der Waals surface area (Å²) in [5.41, 5.74) is 0.885. The van der Waals surface area contributed by atoms with E-state index in [4.69, 9.17) is 31.9 Å². The number of fused-ring (bicyclic) bond motifs is 1. The van der Waals surface area contributed by atoms with Gasteiger partial charge in [-0.1, -0.05) is 24.3 Å². The lowest BCUT2D eigenvalue weighted by atomic mass is 9.97. The summed E-state index contributed by atoms with van der Waals surface area (Å²) in [6.07, 6.45) is -2.59. The zero-order chi connectivity index (χ0) is 33.3. The molecule has 0 amide bonds. The number of carbonyl (C=O) groups excluding carboxylic acids is 1. The Morgan fingerprint density at radius 3 is 1.75 bits per heavy atom. The van der Waals surface area contributed by atoms with Gasteiger partial charge in [-0.2, -0.15) is 0 Å². The molecular formula is C32H56O8Si4. The molecular weight excluding hydrogens is 625 g/mol. The molecule has 0 aromatic heterocycles. The van der Waals surface area contributed by atoms with Gasteiger partial charge >= 0.3 is 5.97 Å². The normalized spacial score (nSPS) is 24.3. The van der Waals surface area contributed by atoms with E-state index in [0.29, 0.717) is 0 Å². The molecule has 0 bridgehead atoms. The van der Waals surface area contributed by atoms with Crippen LogP contribution in [0.3, 0.4) is 0 Å². The zero-order valence-corrected chi connectivity index (χ0v) is 33.4. The van der Waals surface area contributed by atoms with Crippen LogP contribution in [-0.2, 0) is 32.0 Å². The number of carbonyl (C=O) groups is 1. The van der Waals surface area contributed by atoms with Gasteiger partial charge in [-0.3, -0.25) is 4.79 Å². The first-order valence-corrected chi connectivity index (χ1v) is 29.3. The molecule has 0 radical (unpaired) electrons. The fourth-order valence-corrected chi connectivity index (χ4v) is 9.28. The Hall–Kier alpha value is -1.36. The Morgan fingerprint density at radius 2 is 1.20 bits per heavy atom. The van der Waals surface area contributed by atoms with Crippen LogP contribution in [0.5, 0.6) is 5.75 Å². The van der Waals surface area contributed by atoms with Crippen molar-refractivity contribution in [2.24, 2.45) is 0 Å². The van der Waals surface area contributed by atoms with Crippen molar-refractivity contribution in [1.82, 2.24) is 0 Å². The van der Waals surface area contributed by atoms with E-state index in [0.717, 1.165) is 22.1 Å². The number of rotatable bonds is 13. The summed E-state index contributed by atoms with van der Waals surface area (Å²) in [6, 6.07) is 11.9. The molecule has 1 aliphatic heterocycles. The van der Waals surface area contributed by atoms with Gasteiger partial charge in [0.15, 0.2) is 39.6 Å². The van der Waals surface area contributed by atoms with E-state index in [9.17, 15) is 4.79 Å². The average molecular weight is 681 g/mol. The monoisotopic (exact) mass is 680 g/mol. The molecule has 0 saturated carbocycles. The van der Waals surface area contributed by atoms with Gasteiger partial charge in [0.25, 0.3) is 0 Å². The van der Waals surface area contributed by atoms with E-state index in [1.165, 1.54) is 0 Å². The van der Waals surface area contributed by atoms with Crippen molar-refractivity contribution in [2.75, 3.05) is 13.7 Å². The van der Waals surface area contributed by atoms with Crippen molar-refractivity contribution in [1.29, 1.82) is 0 Å². The standard InChI is InChI=1S/C32H56O8Si4/c1-22(23-15-16-25-20-26(34-2)18-17-24(25)19-23)31(33)35-21-27-28(37-41(3,4)5)29(38-42(6,7)8)30(39-43(9,10)11)32(36-27)40-44(12,13)14/h15-20,22,27-30,32H,21H2,1-14H3/t22-,27+,28+,29-,30+,32+/m0/s1. The Kier molecular flexibility index (Phi) is 12.0. The minimum Gasteiger partial charge on any atom is -0.497 e. The van der Waals surface area contributed by atoms with Crippen LogP contribution >= 0.6 is 0 Å². The third-order valence-corrected chi connectivity index (χ3v) is 10.7. The lowest BCUT2D eigenvalue weighted by Gasteiger charge is -2.51. The van der Waals surface area contributed by atoms with E-state index in [1.54, 1.807) is 7.11 Å². The van der Waals surface area contributed by atoms with Gasteiger partial charge in [-0.15, -0.1) is 0 Å². The molecule has 2 aromatic carbocycles. The highest BCUT2D eigenvalue weighted by Gasteiger charge is 2.53. The maximum atomic E-state index is 13.5. The summed E-state index contributed by atoms with van der Waals surface area (Å²) in [6.45, 7) is 27.8. The minimum absolute atomic E-state index is 0.0277. The second-order valence-corrected chi connectivity index (χ2v) is 33.5.